The Labute approximate surface area is 93.2 Å². The van der Waals surface area contributed by atoms with Crippen molar-refractivity contribution in [2.45, 2.75) is 38.6 Å². The summed E-state index contributed by atoms with van der Waals surface area (Å²) >= 11 is 0. The molecule has 3 heteroatoms. The van der Waals surface area contributed by atoms with Crippen LogP contribution < -0.4 is 5.73 Å². The standard InChI is InChI=1S/C12H23N3/c1-10(7-13)9-15(2)12-6-4-3-5-11(12)8-14/h10-12H,3-6,8-9,14H2,1-2H3. The first kappa shape index (κ1) is 12.5. The van der Waals surface area contributed by atoms with Crippen molar-refractivity contribution in [1.29, 1.82) is 5.26 Å². The summed E-state index contributed by atoms with van der Waals surface area (Å²) in [7, 11) is 2.13. The summed E-state index contributed by atoms with van der Waals surface area (Å²) in [5, 5.41) is 8.80. The Morgan fingerprint density at radius 2 is 2.13 bits per heavy atom. The minimum absolute atomic E-state index is 0.121. The molecule has 15 heavy (non-hydrogen) atoms. The van der Waals surface area contributed by atoms with Crippen molar-refractivity contribution in [3.8, 4) is 6.07 Å². The van der Waals surface area contributed by atoms with Gasteiger partial charge in [0.1, 0.15) is 0 Å². The molecule has 1 aliphatic carbocycles. The normalized spacial score (nSPS) is 28.7. The number of rotatable bonds is 4. The molecule has 1 aliphatic rings. The maximum Gasteiger partial charge on any atom is 0.0666 e. The van der Waals surface area contributed by atoms with Gasteiger partial charge in [-0.1, -0.05) is 12.8 Å². The lowest BCUT2D eigenvalue weighted by Crippen LogP contribution is -2.44. The smallest absolute Gasteiger partial charge is 0.0666 e. The molecule has 0 heterocycles. The van der Waals surface area contributed by atoms with Crippen LogP contribution in [0.5, 0.6) is 0 Å². The maximum atomic E-state index is 8.80. The molecule has 0 spiro atoms. The van der Waals surface area contributed by atoms with Gasteiger partial charge in [-0.15, -0.1) is 0 Å². The molecule has 0 saturated heterocycles. The van der Waals surface area contributed by atoms with Gasteiger partial charge >= 0.3 is 0 Å². The number of nitrogens with two attached hydrogens (primary N) is 1. The Kier molecular flexibility index (Phi) is 5.07. The maximum absolute atomic E-state index is 8.80. The average molecular weight is 209 g/mol. The van der Waals surface area contributed by atoms with Gasteiger partial charge in [0, 0.05) is 12.6 Å². The molecule has 0 aliphatic heterocycles. The van der Waals surface area contributed by atoms with Crippen LogP contribution in [-0.4, -0.2) is 31.1 Å². The number of nitrogens with zero attached hydrogens (tertiary/aromatic N) is 2. The quantitative estimate of drug-likeness (QED) is 0.765. The second-order valence-electron chi connectivity index (χ2n) is 4.82. The fourth-order valence-electron chi connectivity index (χ4n) is 2.65. The highest BCUT2D eigenvalue weighted by Gasteiger charge is 2.27. The van der Waals surface area contributed by atoms with Gasteiger partial charge in [0.15, 0.2) is 0 Å². The van der Waals surface area contributed by atoms with E-state index in [-0.39, 0.29) is 5.92 Å². The Morgan fingerprint density at radius 3 is 2.73 bits per heavy atom. The molecule has 0 aromatic carbocycles. The highest BCUT2D eigenvalue weighted by Crippen LogP contribution is 2.27. The van der Waals surface area contributed by atoms with Crippen molar-refractivity contribution in [3.63, 3.8) is 0 Å². The lowest BCUT2D eigenvalue weighted by Gasteiger charge is -2.38. The zero-order valence-corrected chi connectivity index (χ0v) is 9.95. The summed E-state index contributed by atoms with van der Waals surface area (Å²) < 4.78 is 0. The van der Waals surface area contributed by atoms with Crippen molar-refractivity contribution in [1.82, 2.24) is 4.90 Å². The third-order valence-corrected chi connectivity index (χ3v) is 3.52. The van der Waals surface area contributed by atoms with Crippen LogP contribution in [0.3, 0.4) is 0 Å². The van der Waals surface area contributed by atoms with E-state index in [9.17, 15) is 0 Å². The lowest BCUT2D eigenvalue weighted by molar-refractivity contribution is 0.126. The molecule has 3 unspecified atom stereocenters. The summed E-state index contributed by atoms with van der Waals surface area (Å²) in [5.74, 6) is 0.755. The molecule has 1 saturated carbocycles. The molecule has 3 nitrogen and oxygen atoms in total. The summed E-state index contributed by atoms with van der Waals surface area (Å²) in [6, 6.07) is 2.89. The largest absolute Gasteiger partial charge is 0.330 e. The van der Waals surface area contributed by atoms with Gasteiger partial charge in [0.25, 0.3) is 0 Å². The highest BCUT2D eigenvalue weighted by molar-refractivity contribution is 4.87. The SMILES string of the molecule is CC(C#N)CN(C)C1CCCCC1CN. The summed E-state index contributed by atoms with van der Waals surface area (Å²) in [6.07, 6.45) is 5.13. The molecule has 0 aromatic rings. The van der Waals surface area contributed by atoms with Crippen LogP contribution in [-0.2, 0) is 0 Å². The molecular weight excluding hydrogens is 186 g/mol. The third kappa shape index (κ3) is 3.48. The predicted molar refractivity (Wildman–Crippen MR) is 62.2 cm³/mol. The summed E-state index contributed by atoms with van der Waals surface area (Å²) in [6.45, 7) is 3.64. The van der Waals surface area contributed by atoms with E-state index >= 15 is 0 Å². The fraction of sp³-hybridized carbons (Fsp3) is 0.917. The van der Waals surface area contributed by atoms with Crippen LogP contribution in [0, 0.1) is 23.2 Å². The number of hydrogen-bond acceptors (Lipinski definition) is 3. The number of hydrogen-bond donors (Lipinski definition) is 1. The van der Waals surface area contributed by atoms with Gasteiger partial charge in [-0.05, 0) is 39.3 Å². The first-order chi connectivity index (χ1) is 7.19. The van der Waals surface area contributed by atoms with E-state index in [1.165, 1.54) is 25.7 Å². The van der Waals surface area contributed by atoms with E-state index < -0.39 is 0 Å². The molecule has 0 radical (unpaired) electrons. The van der Waals surface area contributed by atoms with Crippen LogP contribution >= 0.6 is 0 Å². The van der Waals surface area contributed by atoms with E-state index in [1.807, 2.05) is 6.92 Å². The zero-order valence-electron chi connectivity index (χ0n) is 9.95. The molecule has 2 N–H and O–H groups in total. The van der Waals surface area contributed by atoms with E-state index in [0.717, 1.165) is 13.1 Å². The van der Waals surface area contributed by atoms with Gasteiger partial charge in [-0.25, -0.2) is 0 Å². The van der Waals surface area contributed by atoms with Crippen LogP contribution in [0.1, 0.15) is 32.6 Å². The Hall–Kier alpha value is -0.590. The van der Waals surface area contributed by atoms with E-state index in [4.69, 9.17) is 11.0 Å². The molecule has 0 amide bonds. The first-order valence-electron chi connectivity index (χ1n) is 5.99. The van der Waals surface area contributed by atoms with Crippen LogP contribution in [0.4, 0.5) is 0 Å². The minimum atomic E-state index is 0.121. The summed E-state index contributed by atoms with van der Waals surface area (Å²) in [4.78, 5) is 2.34. The minimum Gasteiger partial charge on any atom is -0.330 e. The van der Waals surface area contributed by atoms with Crippen LogP contribution in [0.25, 0.3) is 0 Å². The van der Waals surface area contributed by atoms with Gasteiger partial charge in [-0.2, -0.15) is 5.26 Å². The van der Waals surface area contributed by atoms with E-state index in [2.05, 4.69) is 18.0 Å². The molecule has 3 atom stereocenters. The van der Waals surface area contributed by atoms with Gasteiger partial charge in [-0.3, -0.25) is 0 Å². The second-order valence-corrected chi connectivity index (χ2v) is 4.82. The Balaban J connectivity index is 2.48. The topological polar surface area (TPSA) is 53.0 Å². The van der Waals surface area contributed by atoms with Gasteiger partial charge < -0.3 is 10.6 Å². The van der Waals surface area contributed by atoms with Crippen LogP contribution in [0.2, 0.25) is 0 Å². The number of nitriles is 1. The molecular formula is C12H23N3. The predicted octanol–water partition coefficient (Wildman–Crippen LogP) is 1.60. The fourth-order valence-corrected chi connectivity index (χ4v) is 2.65. The molecule has 1 rings (SSSR count). The Bertz CT molecular complexity index is 221. The van der Waals surface area contributed by atoms with Gasteiger partial charge in [0.2, 0.25) is 0 Å². The zero-order chi connectivity index (χ0) is 11.3. The molecule has 0 aromatic heterocycles. The lowest BCUT2D eigenvalue weighted by atomic mass is 9.83. The summed E-state index contributed by atoms with van der Waals surface area (Å²) in [5.41, 5.74) is 5.80. The van der Waals surface area contributed by atoms with Crippen molar-refractivity contribution in [2.24, 2.45) is 17.6 Å². The van der Waals surface area contributed by atoms with Crippen molar-refractivity contribution < 1.29 is 0 Å². The monoisotopic (exact) mass is 209 g/mol. The molecule has 1 fully saturated rings. The third-order valence-electron chi connectivity index (χ3n) is 3.52. The van der Waals surface area contributed by atoms with Crippen molar-refractivity contribution in [2.75, 3.05) is 20.1 Å². The molecule has 86 valence electrons. The highest BCUT2D eigenvalue weighted by atomic mass is 15.1. The second kappa shape index (κ2) is 6.09. The van der Waals surface area contributed by atoms with Crippen molar-refractivity contribution in [3.05, 3.63) is 0 Å². The van der Waals surface area contributed by atoms with Crippen LogP contribution in [0.15, 0.2) is 0 Å². The van der Waals surface area contributed by atoms with Crippen molar-refractivity contribution >= 4 is 0 Å². The van der Waals surface area contributed by atoms with E-state index in [0.29, 0.717) is 12.0 Å². The average Bonchev–Trinajstić information content (AvgIpc) is 2.28. The van der Waals surface area contributed by atoms with Gasteiger partial charge in [0.05, 0.1) is 12.0 Å². The molecule has 0 bridgehead atoms. The Morgan fingerprint density at radius 1 is 1.47 bits per heavy atom. The van der Waals surface area contributed by atoms with E-state index in [1.54, 1.807) is 0 Å². The first-order valence-corrected chi connectivity index (χ1v) is 5.99.